The third-order valence-corrected chi connectivity index (χ3v) is 6.84. The summed E-state index contributed by atoms with van der Waals surface area (Å²) in [4.78, 5) is 35.9. The standard InChI is InChI=1S/C22H34N2O7S/c1-6-24(7-2)32(28,29)18-11-8-17(9-12-18)10-13-21(26)31-15-20(25)23-19(14-16(3)4)22(27)30-5/h8-9,11-12,16,19H,6-7,10,13-15H2,1-5H3,(H,23,25). The van der Waals surface area contributed by atoms with Gasteiger partial charge in [0.25, 0.3) is 5.91 Å². The lowest BCUT2D eigenvalue weighted by molar-refractivity contribution is -0.150. The Kier molecular flexibility index (Phi) is 11.3. The highest BCUT2D eigenvalue weighted by atomic mass is 32.2. The van der Waals surface area contributed by atoms with Gasteiger partial charge in [-0.15, -0.1) is 0 Å². The molecule has 0 aliphatic carbocycles. The number of ether oxygens (including phenoxy) is 2. The number of aryl methyl sites for hydroxylation is 1. The molecule has 0 saturated heterocycles. The molecule has 0 aliphatic rings. The molecule has 9 nitrogen and oxygen atoms in total. The van der Waals surface area contributed by atoms with E-state index in [4.69, 9.17) is 4.74 Å². The largest absolute Gasteiger partial charge is 0.467 e. The molecule has 0 saturated carbocycles. The maximum absolute atomic E-state index is 12.5. The highest BCUT2D eigenvalue weighted by molar-refractivity contribution is 7.89. The summed E-state index contributed by atoms with van der Waals surface area (Å²) < 4.78 is 36.0. The van der Waals surface area contributed by atoms with Crippen LogP contribution in [0.5, 0.6) is 0 Å². The second kappa shape index (κ2) is 13.2. The molecule has 1 N–H and O–H groups in total. The van der Waals surface area contributed by atoms with Crippen LogP contribution in [-0.4, -0.2) is 63.4 Å². The van der Waals surface area contributed by atoms with Crippen LogP contribution in [0.15, 0.2) is 29.2 Å². The third kappa shape index (κ3) is 8.58. The van der Waals surface area contributed by atoms with Gasteiger partial charge in [-0.1, -0.05) is 39.8 Å². The fourth-order valence-corrected chi connectivity index (χ4v) is 4.53. The van der Waals surface area contributed by atoms with Gasteiger partial charge in [0.15, 0.2) is 6.61 Å². The zero-order valence-electron chi connectivity index (χ0n) is 19.4. The Morgan fingerprint density at radius 1 is 1.06 bits per heavy atom. The number of hydrogen-bond acceptors (Lipinski definition) is 7. The number of carbonyl (C=O) groups is 3. The number of benzene rings is 1. The fraction of sp³-hybridized carbons (Fsp3) is 0.591. The fourth-order valence-electron chi connectivity index (χ4n) is 3.07. The van der Waals surface area contributed by atoms with Gasteiger partial charge in [0.05, 0.1) is 12.0 Å². The van der Waals surface area contributed by atoms with Crippen LogP contribution in [0, 0.1) is 5.92 Å². The molecule has 1 aromatic rings. The van der Waals surface area contributed by atoms with Crippen LogP contribution in [0.1, 0.15) is 46.1 Å². The minimum atomic E-state index is -3.53. The van der Waals surface area contributed by atoms with E-state index in [0.717, 1.165) is 5.56 Å². The van der Waals surface area contributed by atoms with Crippen LogP contribution in [0.2, 0.25) is 0 Å². The lowest BCUT2D eigenvalue weighted by Crippen LogP contribution is -2.44. The number of methoxy groups -OCH3 is 1. The zero-order valence-corrected chi connectivity index (χ0v) is 20.2. The SMILES string of the molecule is CCN(CC)S(=O)(=O)c1ccc(CCC(=O)OCC(=O)NC(CC(C)C)C(=O)OC)cc1. The van der Waals surface area contributed by atoms with E-state index in [1.54, 1.807) is 26.0 Å². The van der Waals surface area contributed by atoms with E-state index in [1.165, 1.54) is 23.5 Å². The van der Waals surface area contributed by atoms with Crippen LogP contribution in [-0.2, 0) is 40.3 Å². The lowest BCUT2D eigenvalue weighted by atomic mass is 10.0. The maximum atomic E-state index is 12.5. The molecule has 1 aromatic carbocycles. The van der Waals surface area contributed by atoms with Gasteiger partial charge in [0.1, 0.15) is 6.04 Å². The van der Waals surface area contributed by atoms with Gasteiger partial charge in [-0.25, -0.2) is 13.2 Å². The summed E-state index contributed by atoms with van der Waals surface area (Å²) in [6.07, 6.45) is 0.776. The average Bonchev–Trinajstić information content (AvgIpc) is 2.75. The van der Waals surface area contributed by atoms with Gasteiger partial charge in [0.2, 0.25) is 10.0 Å². The Bertz CT molecular complexity index is 863. The first-order valence-electron chi connectivity index (χ1n) is 10.7. The number of hydrogen-bond donors (Lipinski definition) is 1. The van der Waals surface area contributed by atoms with Crippen LogP contribution < -0.4 is 5.32 Å². The molecule has 1 amide bonds. The van der Waals surface area contributed by atoms with Crippen molar-refractivity contribution in [2.24, 2.45) is 5.92 Å². The Morgan fingerprint density at radius 3 is 2.16 bits per heavy atom. The molecule has 0 aliphatic heterocycles. The predicted molar refractivity (Wildman–Crippen MR) is 119 cm³/mol. The van der Waals surface area contributed by atoms with Crippen LogP contribution in [0.4, 0.5) is 0 Å². The first-order chi connectivity index (χ1) is 15.0. The Balaban J connectivity index is 2.54. The van der Waals surface area contributed by atoms with Crippen molar-refractivity contribution in [3.63, 3.8) is 0 Å². The van der Waals surface area contributed by atoms with E-state index in [9.17, 15) is 22.8 Å². The zero-order chi connectivity index (χ0) is 24.3. The average molecular weight is 471 g/mol. The first-order valence-corrected chi connectivity index (χ1v) is 12.1. The summed E-state index contributed by atoms with van der Waals surface area (Å²) in [6.45, 7) is 7.66. The van der Waals surface area contributed by atoms with Crippen LogP contribution in [0.3, 0.4) is 0 Å². The smallest absolute Gasteiger partial charge is 0.328 e. The molecule has 0 aromatic heterocycles. The second-order valence-electron chi connectivity index (χ2n) is 7.67. The van der Waals surface area contributed by atoms with Gasteiger partial charge in [-0.05, 0) is 36.5 Å². The summed E-state index contributed by atoms with van der Waals surface area (Å²) in [5.74, 6) is -1.54. The molecule has 1 atom stereocenters. The van der Waals surface area contributed by atoms with E-state index in [2.05, 4.69) is 10.1 Å². The normalized spacial score (nSPS) is 12.5. The van der Waals surface area contributed by atoms with Gasteiger partial charge in [-0.3, -0.25) is 9.59 Å². The van der Waals surface area contributed by atoms with Crippen LogP contribution in [0.25, 0.3) is 0 Å². The summed E-state index contributed by atoms with van der Waals surface area (Å²) in [5.41, 5.74) is 0.771. The highest BCUT2D eigenvalue weighted by Gasteiger charge is 2.23. The Hall–Kier alpha value is -2.46. The summed E-state index contributed by atoms with van der Waals surface area (Å²) in [7, 11) is -2.29. The predicted octanol–water partition coefficient (Wildman–Crippen LogP) is 1.90. The monoisotopic (exact) mass is 470 g/mol. The molecule has 10 heteroatoms. The number of esters is 2. The molecular weight excluding hydrogens is 436 g/mol. The van der Waals surface area contributed by atoms with Gasteiger partial charge in [0, 0.05) is 19.5 Å². The number of nitrogens with zero attached hydrogens (tertiary/aromatic N) is 1. The molecule has 0 bridgehead atoms. The molecule has 0 spiro atoms. The van der Waals surface area contributed by atoms with Crippen molar-refractivity contribution in [2.45, 2.75) is 57.9 Å². The van der Waals surface area contributed by atoms with E-state index in [1.807, 2.05) is 13.8 Å². The molecule has 0 radical (unpaired) electrons. The molecule has 1 unspecified atom stereocenters. The lowest BCUT2D eigenvalue weighted by Gasteiger charge is -2.18. The first kappa shape index (κ1) is 27.6. The van der Waals surface area contributed by atoms with E-state index < -0.39 is 40.5 Å². The van der Waals surface area contributed by atoms with E-state index >= 15 is 0 Å². The number of nitrogens with one attached hydrogen (secondary N) is 1. The van der Waals surface area contributed by atoms with E-state index in [-0.39, 0.29) is 17.2 Å². The van der Waals surface area contributed by atoms with Crippen molar-refractivity contribution in [3.8, 4) is 0 Å². The Morgan fingerprint density at radius 2 is 1.66 bits per heavy atom. The highest BCUT2D eigenvalue weighted by Crippen LogP contribution is 2.17. The number of carbonyl (C=O) groups excluding carboxylic acids is 3. The summed E-state index contributed by atoms with van der Waals surface area (Å²) in [5, 5.41) is 2.52. The van der Waals surface area contributed by atoms with E-state index in [0.29, 0.717) is 25.9 Å². The van der Waals surface area contributed by atoms with Gasteiger partial charge < -0.3 is 14.8 Å². The van der Waals surface area contributed by atoms with Gasteiger partial charge >= 0.3 is 11.9 Å². The molecule has 32 heavy (non-hydrogen) atoms. The van der Waals surface area contributed by atoms with Gasteiger partial charge in [-0.2, -0.15) is 4.31 Å². The van der Waals surface area contributed by atoms with Crippen molar-refractivity contribution in [3.05, 3.63) is 29.8 Å². The van der Waals surface area contributed by atoms with Crippen molar-refractivity contribution in [1.29, 1.82) is 0 Å². The second-order valence-corrected chi connectivity index (χ2v) is 9.60. The van der Waals surface area contributed by atoms with Crippen molar-refractivity contribution >= 4 is 27.9 Å². The molecule has 180 valence electrons. The summed E-state index contributed by atoms with van der Waals surface area (Å²) in [6, 6.07) is 5.55. The minimum Gasteiger partial charge on any atom is -0.467 e. The molecule has 1 rings (SSSR count). The quantitative estimate of drug-likeness (QED) is 0.437. The van der Waals surface area contributed by atoms with Crippen molar-refractivity contribution < 1.29 is 32.3 Å². The molecule has 0 fully saturated rings. The van der Waals surface area contributed by atoms with Crippen molar-refractivity contribution in [1.82, 2.24) is 9.62 Å². The number of sulfonamides is 1. The molecular formula is C22H34N2O7S. The Labute approximate surface area is 190 Å². The third-order valence-electron chi connectivity index (χ3n) is 4.78. The van der Waals surface area contributed by atoms with Crippen LogP contribution >= 0.6 is 0 Å². The number of rotatable bonds is 13. The molecule has 0 heterocycles. The topological polar surface area (TPSA) is 119 Å². The summed E-state index contributed by atoms with van der Waals surface area (Å²) >= 11 is 0. The minimum absolute atomic E-state index is 0.0296. The van der Waals surface area contributed by atoms with Crippen molar-refractivity contribution in [2.75, 3.05) is 26.8 Å². The number of amides is 1. The maximum Gasteiger partial charge on any atom is 0.328 e.